The number of hydrogen-bond acceptors (Lipinski definition) is 9. The number of carbonyl (C=O) groups excluding carboxylic acids is 1. The van der Waals surface area contributed by atoms with E-state index in [0.717, 1.165) is 54.5 Å². The quantitative estimate of drug-likeness (QED) is 0.350. The second-order valence-corrected chi connectivity index (χ2v) is 11.9. The van der Waals surface area contributed by atoms with E-state index in [-0.39, 0.29) is 23.3 Å². The fourth-order valence-corrected chi connectivity index (χ4v) is 5.03. The van der Waals surface area contributed by atoms with Gasteiger partial charge in [-0.25, -0.2) is 9.97 Å². The van der Waals surface area contributed by atoms with E-state index in [0.29, 0.717) is 11.8 Å². The van der Waals surface area contributed by atoms with Crippen LogP contribution in [-0.4, -0.2) is 53.8 Å². The first kappa shape index (κ1) is 26.1. The van der Waals surface area contributed by atoms with Crippen molar-refractivity contribution < 1.29 is 9.21 Å². The maximum absolute atomic E-state index is 13.2. The van der Waals surface area contributed by atoms with Crippen LogP contribution in [0.3, 0.4) is 0 Å². The number of hydrogen-bond donors (Lipinski definition) is 2. The number of aromatic nitrogens is 6. The minimum atomic E-state index is -0.347. The molecule has 1 aromatic carbocycles. The summed E-state index contributed by atoms with van der Waals surface area (Å²) in [5.74, 6) is 1.38. The summed E-state index contributed by atoms with van der Waals surface area (Å²) >= 11 is 0. The van der Waals surface area contributed by atoms with E-state index in [1.807, 2.05) is 40.1 Å². The Morgan fingerprint density at radius 1 is 1.15 bits per heavy atom. The molecule has 1 amide bonds. The summed E-state index contributed by atoms with van der Waals surface area (Å²) in [6, 6.07) is 8.12. The van der Waals surface area contributed by atoms with Crippen LogP contribution in [0.1, 0.15) is 73.8 Å². The van der Waals surface area contributed by atoms with Crippen molar-refractivity contribution in [2.45, 2.75) is 58.0 Å². The standard InChI is InChI=1S/C29H35N9O2/c1-29(2,3)27-36-35-26(40-27)25(39)33-24-10-12-38(15-18-5-6-18)16-20-13-19(7-8-22(20)24)23-9-11-30-28(34-23)32-21-14-31-37(4)17-21/h7-9,11,13-14,17-18,24H,5-6,10,12,15-16H2,1-4H3,(H,33,39)(H,30,32,34)/t24-/m0/s1. The lowest BCUT2D eigenvalue weighted by molar-refractivity contribution is 0.0894. The molecular formula is C29H35N9O2. The van der Waals surface area contributed by atoms with E-state index in [9.17, 15) is 4.79 Å². The van der Waals surface area contributed by atoms with Crippen LogP contribution < -0.4 is 10.6 Å². The zero-order chi connectivity index (χ0) is 27.9. The molecule has 2 N–H and O–H groups in total. The lowest BCUT2D eigenvalue weighted by atomic mass is 9.96. The Bertz CT molecular complexity index is 1520. The van der Waals surface area contributed by atoms with Crippen LogP contribution in [-0.2, 0) is 19.0 Å². The minimum absolute atomic E-state index is 0.00295. The third-order valence-corrected chi connectivity index (χ3v) is 7.34. The predicted octanol–water partition coefficient (Wildman–Crippen LogP) is 4.39. The monoisotopic (exact) mass is 541 g/mol. The molecule has 1 aliphatic carbocycles. The Labute approximate surface area is 233 Å². The summed E-state index contributed by atoms with van der Waals surface area (Å²) < 4.78 is 7.44. The summed E-state index contributed by atoms with van der Waals surface area (Å²) in [5, 5.41) is 18.7. The number of anilines is 2. The number of aryl methyl sites for hydroxylation is 1. The SMILES string of the molecule is Cn1cc(Nc2nccc(-c3ccc4c(c3)CN(CC3CC3)CC[C@@H]4NC(=O)c3nnc(C(C)(C)C)o3)n2)cn1. The van der Waals surface area contributed by atoms with Crippen molar-refractivity contribution in [1.82, 2.24) is 40.2 Å². The Morgan fingerprint density at radius 2 is 2.00 bits per heavy atom. The summed E-state index contributed by atoms with van der Waals surface area (Å²) in [5.41, 5.74) is 4.61. The van der Waals surface area contributed by atoms with E-state index in [4.69, 9.17) is 9.40 Å². The van der Waals surface area contributed by atoms with Gasteiger partial charge in [0.05, 0.1) is 23.6 Å². The molecule has 6 rings (SSSR count). The van der Waals surface area contributed by atoms with Gasteiger partial charge in [0.25, 0.3) is 0 Å². The second kappa shape index (κ2) is 10.5. The highest BCUT2D eigenvalue weighted by atomic mass is 16.4. The number of carbonyl (C=O) groups is 1. The van der Waals surface area contributed by atoms with Crippen molar-refractivity contribution in [3.8, 4) is 11.3 Å². The summed E-state index contributed by atoms with van der Waals surface area (Å²) in [6.45, 7) is 8.74. The van der Waals surface area contributed by atoms with Gasteiger partial charge in [-0.15, -0.1) is 10.2 Å². The summed E-state index contributed by atoms with van der Waals surface area (Å²) in [7, 11) is 1.87. The average molecular weight is 542 g/mol. The molecule has 4 heterocycles. The molecule has 0 saturated heterocycles. The Morgan fingerprint density at radius 3 is 2.73 bits per heavy atom. The van der Waals surface area contributed by atoms with Gasteiger partial charge in [-0.3, -0.25) is 14.4 Å². The molecule has 1 saturated carbocycles. The number of amides is 1. The van der Waals surface area contributed by atoms with Crippen LogP contribution in [0.25, 0.3) is 11.3 Å². The Hall–Kier alpha value is -4.12. The zero-order valence-electron chi connectivity index (χ0n) is 23.4. The smallest absolute Gasteiger partial charge is 0.309 e. The molecule has 0 bridgehead atoms. The fraction of sp³-hybridized carbons (Fsp3) is 0.448. The molecule has 40 heavy (non-hydrogen) atoms. The number of rotatable bonds is 7. The van der Waals surface area contributed by atoms with Crippen LogP contribution in [0.2, 0.25) is 0 Å². The van der Waals surface area contributed by atoms with E-state index < -0.39 is 0 Å². The summed E-state index contributed by atoms with van der Waals surface area (Å²) in [4.78, 5) is 24.8. The number of fused-ring (bicyclic) bond motifs is 1. The van der Waals surface area contributed by atoms with Crippen molar-refractivity contribution in [3.05, 3.63) is 65.8 Å². The van der Waals surface area contributed by atoms with Gasteiger partial charge >= 0.3 is 11.8 Å². The summed E-state index contributed by atoms with van der Waals surface area (Å²) in [6.07, 6.45) is 8.76. The van der Waals surface area contributed by atoms with Crippen LogP contribution in [0.15, 0.2) is 47.3 Å². The maximum atomic E-state index is 13.2. The molecule has 208 valence electrons. The Balaban J connectivity index is 1.27. The van der Waals surface area contributed by atoms with Gasteiger partial charge in [0.2, 0.25) is 11.8 Å². The van der Waals surface area contributed by atoms with Crippen molar-refractivity contribution in [2.24, 2.45) is 13.0 Å². The first-order valence-corrected chi connectivity index (χ1v) is 13.8. The highest BCUT2D eigenvalue weighted by molar-refractivity contribution is 5.89. The molecule has 3 aromatic heterocycles. The molecule has 0 radical (unpaired) electrons. The van der Waals surface area contributed by atoms with Crippen LogP contribution in [0.5, 0.6) is 0 Å². The number of nitrogens with one attached hydrogen (secondary N) is 2. The third-order valence-electron chi connectivity index (χ3n) is 7.34. The van der Waals surface area contributed by atoms with Gasteiger partial charge in [0.15, 0.2) is 0 Å². The van der Waals surface area contributed by atoms with Crippen LogP contribution in [0, 0.1) is 5.92 Å². The lowest BCUT2D eigenvalue weighted by Crippen LogP contribution is -2.31. The van der Waals surface area contributed by atoms with Crippen molar-refractivity contribution in [2.75, 3.05) is 18.4 Å². The molecule has 1 fully saturated rings. The maximum Gasteiger partial charge on any atom is 0.309 e. The van der Waals surface area contributed by atoms with Gasteiger partial charge in [0.1, 0.15) is 0 Å². The number of nitrogens with zero attached hydrogens (tertiary/aromatic N) is 7. The molecule has 11 nitrogen and oxygen atoms in total. The molecule has 1 atom stereocenters. The normalized spacial score (nSPS) is 17.8. The molecule has 4 aromatic rings. The van der Waals surface area contributed by atoms with E-state index in [2.05, 4.69) is 54.0 Å². The topological polar surface area (TPSA) is 127 Å². The molecule has 1 aliphatic heterocycles. The third kappa shape index (κ3) is 5.89. The van der Waals surface area contributed by atoms with E-state index in [1.54, 1.807) is 17.1 Å². The van der Waals surface area contributed by atoms with Gasteiger partial charge in [0, 0.05) is 50.1 Å². The molecule has 0 spiro atoms. The first-order valence-electron chi connectivity index (χ1n) is 13.8. The Kier molecular flexibility index (Phi) is 6.83. The van der Waals surface area contributed by atoms with Crippen molar-refractivity contribution in [3.63, 3.8) is 0 Å². The first-order chi connectivity index (χ1) is 19.2. The lowest BCUT2D eigenvalue weighted by Gasteiger charge is -2.20. The largest absolute Gasteiger partial charge is 0.416 e. The van der Waals surface area contributed by atoms with Crippen LogP contribution >= 0.6 is 0 Å². The van der Waals surface area contributed by atoms with E-state index >= 15 is 0 Å². The zero-order valence-corrected chi connectivity index (χ0v) is 23.4. The average Bonchev–Trinajstić information content (AvgIpc) is 3.45. The van der Waals surface area contributed by atoms with E-state index in [1.165, 1.54) is 18.4 Å². The van der Waals surface area contributed by atoms with Gasteiger partial charge in [-0.05, 0) is 48.4 Å². The molecular weight excluding hydrogens is 506 g/mol. The fourth-order valence-electron chi connectivity index (χ4n) is 5.03. The minimum Gasteiger partial charge on any atom is -0.416 e. The number of benzene rings is 1. The van der Waals surface area contributed by atoms with Gasteiger partial charge in [-0.1, -0.05) is 32.9 Å². The highest BCUT2D eigenvalue weighted by Crippen LogP contribution is 2.35. The van der Waals surface area contributed by atoms with Gasteiger partial charge < -0.3 is 15.1 Å². The van der Waals surface area contributed by atoms with Crippen molar-refractivity contribution >= 4 is 17.5 Å². The second-order valence-electron chi connectivity index (χ2n) is 11.9. The molecule has 2 aliphatic rings. The van der Waals surface area contributed by atoms with Crippen LogP contribution in [0.4, 0.5) is 11.6 Å². The predicted molar refractivity (Wildman–Crippen MR) is 150 cm³/mol. The highest BCUT2D eigenvalue weighted by Gasteiger charge is 2.30. The van der Waals surface area contributed by atoms with Gasteiger partial charge in [-0.2, -0.15) is 5.10 Å². The van der Waals surface area contributed by atoms with Crippen molar-refractivity contribution in [1.29, 1.82) is 0 Å². The molecule has 11 heteroatoms. The molecule has 0 unspecified atom stereocenters.